The van der Waals surface area contributed by atoms with E-state index in [2.05, 4.69) is 59.5 Å². The molecule has 0 atom stereocenters. The molecule has 1 fully saturated rings. The van der Waals surface area contributed by atoms with Gasteiger partial charge in [0, 0.05) is 0 Å². The number of hydrogen-bond donors (Lipinski definition) is 0. The zero-order chi connectivity index (χ0) is 17.3. The molecule has 1 saturated heterocycles. The van der Waals surface area contributed by atoms with E-state index < -0.39 is 0 Å². The molecule has 0 amide bonds. The van der Waals surface area contributed by atoms with Crippen molar-refractivity contribution >= 4 is 0 Å². The van der Waals surface area contributed by atoms with Gasteiger partial charge in [-0.2, -0.15) is 0 Å². The fraction of sp³-hybridized carbons (Fsp3) is 0.478. The van der Waals surface area contributed by atoms with Gasteiger partial charge in [-0.3, -0.25) is 0 Å². The van der Waals surface area contributed by atoms with Crippen LogP contribution in [0.4, 0.5) is 0 Å². The second-order valence-corrected chi connectivity index (χ2v) is 7.28. The third-order valence-corrected chi connectivity index (χ3v) is 5.42. The van der Waals surface area contributed by atoms with Crippen LogP contribution in [0.3, 0.4) is 0 Å². The fourth-order valence-electron chi connectivity index (χ4n) is 3.82. The molecular weight excluding hydrogens is 306 g/mol. The molecule has 0 unspecified atom stereocenters. The maximum absolute atomic E-state index is 5.24. The lowest BCUT2D eigenvalue weighted by Crippen LogP contribution is -2.35. The van der Waals surface area contributed by atoms with Crippen LogP contribution in [0.1, 0.15) is 36.8 Å². The van der Waals surface area contributed by atoms with Crippen molar-refractivity contribution in [3.8, 4) is 5.75 Å². The molecule has 1 heterocycles. The van der Waals surface area contributed by atoms with Crippen molar-refractivity contribution in [2.24, 2.45) is 5.92 Å². The third-order valence-electron chi connectivity index (χ3n) is 5.42. The molecule has 2 aromatic carbocycles. The average molecular weight is 338 g/mol. The molecule has 1 aliphatic rings. The molecule has 0 aliphatic carbocycles. The third kappa shape index (κ3) is 5.89. The number of hydrogen-bond acceptors (Lipinski definition) is 2. The molecule has 2 heteroatoms. The molecule has 0 saturated carbocycles. The van der Waals surface area contributed by atoms with Crippen LogP contribution in [0.2, 0.25) is 0 Å². The van der Waals surface area contributed by atoms with Crippen LogP contribution >= 0.6 is 0 Å². The minimum Gasteiger partial charge on any atom is -0.497 e. The average Bonchev–Trinajstić information content (AvgIpc) is 2.68. The normalized spacial score (nSPS) is 16.0. The molecule has 0 N–H and O–H groups in total. The van der Waals surface area contributed by atoms with E-state index in [9.17, 15) is 0 Å². The van der Waals surface area contributed by atoms with Gasteiger partial charge in [0.2, 0.25) is 0 Å². The molecule has 1 aliphatic heterocycles. The summed E-state index contributed by atoms with van der Waals surface area (Å²) in [4.78, 5) is 2.66. The lowest BCUT2D eigenvalue weighted by atomic mass is 9.90. The monoisotopic (exact) mass is 337 g/mol. The summed E-state index contributed by atoms with van der Waals surface area (Å²) in [5, 5.41) is 0. The summed E-state index contributed by atoms with van der Waals surface area (Å²) >= 11 is 0. The predicted octanol–water partition coefficient (Wildman–Crippen LogP) is 4.97. The van der Waals surface area contributed by atoms with Crippen molar-refractivity contribution in [1.82, 2.24) is 4.90 Å². The van der Waals surface area contributed by atoms with Gasteiger partial charge >= 0.3 is 0 Å². The molecule has 2 aromatic rings. The Hall–Kier alpha value is -1.80. The first-order valence-electron chi connectivity index (χ1n) is 9.72. The molecule has 134 valence electrons. The first kappa shape index (κ1) is 18.0. The Morgan fingerprint density at radius 2 is 1.60 bits per heavy atom. The van der Waals surface area contributed by atoms with Crippen molar-refractivity contribution in [3.63, 3.8) is 0 Å². The van der Waals surface area contributed by atoms with Gasteiger partial charge in [-0.05, 0) is 87.3 Å². The molecule has 0 radical (unpaired) electrons. The van der Waals surface area contributed by atoms with Crippen molar-refractivity contribution in [3.05, 3.63) is 65.7 Å². The molecule has 0 bridgehead atoms. The van der Waals surface area contributed by atoms with Crippen LogP contribution in [0, 0.1) is 5.92 Å². The van der Waals surface area contributed by atoms with Gasteiger partial charge in [0.05, 0.1) is 7.11 Å². The number of piperidine rings is 1. The van der Waals surface area contributed by atoms with E-state index in [1.165, 1.54) is 69.3 Å². The number of unbranched alkanes of at least 4 members (excludes halogenated alkanes) is 1. The number of rotatable bonds is 8. The highest BCUT2D eigenvalue weighted by atomic mass is 16.5. The zero-order valence-electron chi connectivity index (χ0n) is 15.5. The topological polar surface area (TPSA) is 12.5 Å². The summed E-state index contributed by atoms with van der Waals surface area (Å²) in [6, 6.07) is 19.5. The number of nitrogens with zero attached hydrogens (tertiary/aromatic N) is 1. The van der Waals surface area contributed by atoms with E-state index in [0.29, 0.717) is 0 Å². The molecule has 2 nitrogen and oxygen atoms in total. The van der Waals surface area contributed by atoms with Crippen molar-refractivity contribution in [2.75, 3.05) is 26.7 Å². The van der Waals surface area contributed by atoms with E-state index in [1.807, 2.05) is 0 Å². The first-order valence-corrected chi connectivity index (χ1v) is 9.72. The molecule has 25 heavy (non-hydrogen) atoms. The lowest BCUT2D eigenvalue weighted by molar-refractivity contribution is 0.181. The highest BCUT2D eigenvalue weighted by Gasteiger charge is 2.19. The Balaban J connectivity index is 1.31. The van der Waals surface area contributed by atoms with Gasteiger partial charge in [0.15, 0.2) is 0 Å². The minimum absolute atomic E-state index is 0.842. The van der Waals surface area contributed by atoms with E-state index in [-0.39, 0.29) is 0 Å². The SMILES string of the molecule is COc1ccc(CC2CCN(CCCCc3ccccc3)CC2)cc1. The van der Waals surface area contributed by atoms with E-state index in [1.54, 1.807) is 7.11 Å². The fourth-order valence-corrected chi connectivity index (χ4v) is 3.82. The number of benzene rings is 2. The van der Waals surface area contributed by atoms with Crippen molar-refractivity contribution in [2.45, 2.75) is 38.5 Å². The highest BCUT2D eigenvalue weighted by Crippen LogP contribution is 2.23. The van der Waals surface area contributed by atoms with Gasteiger partial charge in [0.25, 0.3) is 0 Å². The summed E-state index contributed by atoms with van der Waals surface area (Å²) < 4.78 is 5.24. The van der Waals surface area contributed by atoms with Crippen molar-refractivity contribution in [1.29, 1.82) is 0 Å². The van der Waals surface area contributed by atoms with Gasteiger partial charge in [0.1, 0.15) is 5.75 Å². The summed E-state index contributed by atoms with van der Waals surface area (Å²) in [6.45, 7) is 3.81. The Bertz CT molecular complexity index is 600. The Labute approximate surface area is 152 Å². The maximum Gasteiger partial charge on any atom is 0.118 e. The van der Waals surface area contributed by atoms with Crippen LogP contribution < -0.4 is 4.74 Å². The summed E-state index contributed by atoms with van der Waals surface area (Å²) in [5.74, 6) is 1.79. The number of ether oxygens (including phenoxy) is 1. The van der Waals surface area contributed by atoms with Crippen LogP contribution in [0.25, 0.3) is 0 Å². The van der Waals surface area contributed by atoms with Crippen LogP contribution in [-0.2, 0) is 12.8 Å². The summed E-state index contributed by atoms with van der Waals surface area (Å²) in [7, 11) is 1.73. The summed E-state index contributed by atoms with van der Waals surface area (Å²) in [6.07, 6.45) is 7.73. The smallest absolute Gasteiger partial charge is 0.118 e. The van der Waals surface area contributed by atoms with Gasteiger partial charge in [-0.15, -0.1) is 0 Å². The first-order chi connectivity index (χ1) is 12.3. The number of aryl methyl sites for hydroxylation is 1. The van der Waals surface area contributed by atoms with Crippen LogP contribution in [-0.4, -0.2) is 31.6 Å². The van der Waals surface area contributed by atoms with Gasteiger partial charge in [-0.1, -0.05) is 42.5 Å². The number of likely N-dealkylation sites (tertiary alicyclic amines) is 1. The van der Waals surface area contributed by atoms with Crippen LogP contribution in [0.15, 0.2) is 54.6 Å². The highest BCUT2D eigenvalue weighted by molar-refractivity contribution is 5.27. The van der Waals surface area contributed by atoms with E-state index in [4.69, 9.17) is 4.74 Å². The van der Waals surface area contributed by atoms with E-state index in [0.717, 1.165) is 11.7 Å². The second kappa shape index (κ2) is 9.62. The molecular formula is C23H31NO. The summed E-state index contributed by atoms with van der Waals surface area (Å²) in [5.41, 5.74) is 2.92. The van der Waals surface area contributed by atoms with Crippen LogP contribution in [0.5, 0.6) is 5.75 Å². The maximum atomic E-state index is 5.24. The standard InChI is InChI=1S/C23H31NO/c1-25-23-12-10-21(11-13-23)19-22-14-17-24(18-15-22)16-6-5-9-20-7-3-2-4-8-20/h2-4,7-8,10-13,22H,5-6,9,14-19H2,1H3. The Morgan fingerprint density at radius 3 is 2.28 bits per heavy atom. The lowest BCUT2D eigenvalue weighted by Gasteiger charge is -2.32. The van der Waals surface area contributed by atoms with Crippen molar-refractivity contribution < 1.29 is 4.74 Å². The zero-order valence-corrected chi connectivity index (χ0v) is 15.5. The van der Waals surface area contributed by atoms with E-state index >= 15 is 0 Å². The Kier molecular flexibility index (Phi) is 6.93. The predicted molar refractivity (Wildman–Crippen MR) is 105 cm³/mol. The largest absolute Gasteiger partial charge is 0.497 e. The van der Waals surface area contributed by atoms with Gasteiger partial charge in [-0.25, -0.2) is 0 Å². The number of methoxy groups -OCH3 is 1. The van der Waals surface area contributed by atoms with Gasteiger partial charge < -0.3 is 9.64 Å². The second-order valence-electron chi connectivity index (χ2n) is 7.28. The molecule has 0 spiro atoms. The quantitative estimate of drug-likeness (QED) is 0.630. The molecule has 3 rings (SSSR count). The Morgan fingerprint density at radius 1 is 0.880 bits per heavy atom. The molecule has 0 aromatic heterocycles. The minimum atomic E-state index is 0.842.